The van der Waals surface area contributed by atoms with Gasteiger partial charge in [-0.1, -0.05) is 0 Å². The Kier molecular flexibility index (Phi) is 6.56. The van der Waals surface area contributed by atoms with Crippen molar-refractivity contribution in [1.82, 2.24) is 19.5 Å². The molecule has 2 aromatic heterocycles. The van der Waals surface area contributed by atoms with Crippen LogP contribution in [0.15, 0.2) is 30.5 Å². The minimum absolute atomic E-state index is 0.00998. The molecule has 0 spiro atoms. The van der Waals surface area contributed by atoms with Gasteiger partial charge in [-0.15, -0.1) is 23.4 Å². The summed E-state index contributed by atoms with van der Waals surface area (Å²) in [6.07, 6.45) is -1.77. The third-order valence-corrected chi connectivity index (χ3v) is 5.46. The first kappa shape index (κ1) is 23.1. The van der Waals surface area contributed by atoms with Crippen molar-refractivity contribution >= 4 is 11.5 Å². The Hall–Kier alpha value is -3.12. The Bertz CT molecular complexity index is 1120. The highest BCUT2D eigenvalue weighted by molar-refractivity contribution is 5.82. The van der Waals surface area contributed by atoms with Gasteiger partial charge in [0.1, 0.15) is 22.7 Å². The van der Waals surface area contributed by atoms with E-state index in [2.05, 4.69) is 25.2 Å². The highest BCUT2D eigenvalue weighted by Gasteiger charge is 2.33. The monoisotopic (exact) mass is 469 g/mol. The van der Waals surface area contributed by atoms with Crippen LogP contribution in [0.2, 0.25) is 0 Å². The lowest BCUT2D eigenvalue weighted by Crippen LogP contribution is -2.43. The number of fused-ring (bicyclic) bond motifs is 1. The molecule has 1 aromatic carbocycles. The number of likely N-dealkylation sites (tertiary alicyclic amines) is 1. The van der Waals surface area contributed by atoms with Crippen LogP contribution in [0.25, 0.3) is 16.8 Å². The number of nitrogens with zero attached hydrogens (tertiary/aromatic N) is 4. The first-order chi connectivity index (χ1) is 15.8. The first-order valence-electron chi connectivity index (χ1n) is 10.4. The molecule has 1 aliphatic heterocycles. The van der Waals surface area contributed by atoms with E-state index >= 15 is 0 Å². The number of hydrogen-bond donors (Lipinski definition) is 2. The average molecular weight is 469 g/mol. The van der Waals surface area contributed by atoms with E-state index in [1.807, 2.05) is 0 Å². The largest absolute Gasteiger partial charge is 0.573 e. The summed E-state index contributed by atoms with van der Waals surface area (Å²) in [7, 11) is 1.31. The van der Waals surface area contributed by atoms with Crippen LogP contribution in [-0.2, 0) is 0 Å². The SMILES string of the molecule is COc1ccc(-c2nnc(N[C@@H]3CCCN(CCO)C3)n3ccc(F)c23)c(OC(F)(F)F)c1. The Morgan fingerprint density at radius 3 is 2.79 bits per heavy atom. The number of hydrogen-bond acceptors (Lipinski definition) is 7. The van der Waals surface area contributed by atoms with Gasteiger partial charge in [0.15, 0.2) is 5.82 Å². The number of nitrogens with one attached hydrogen (secondary N) is 1. The highest BCUT2D eigenvalue weighted by atomic mass is 19.4. The molecule has 3 aromatic rings. The van der Waals surface area contributed by atoms with Gasteiger partial charge in [0, 0.05) is 37.0 Å². The van der Waals surface area contributed by atoms with Crippen molar-refractivity contribution in [2.24, 2.45) is 0 Å². The normalized spacial score (nSPS) is 17.3. The Morgan fingerprint density at radius 1 is 1.24 bits per heavy atom. The summed E-state index contributed by atoms with van der Waals surface area (Å²) < 4.78 is 64.4. The van der Waals surface area contributed by atoms with Gasteiger partial charge in [-0.2, -0.15) is 0 Å². The van der Waals surface area contributed by atoms with Crippen molar-refractivity contribution < 1.29 is 32.1 Å². The van der Waals surface area contributed by atoms with Crippen molar-refractivity contribution in [3.8, 4) is 22.8 Å². The van der Waals surface area contributed by atoms with E-state index in [4.69, 9.17) is 4.74 Å². The zero-order valence-electron chi connectivity index (χ0n) is 17.8. The predicted molar refractivity (Wildman–Crippen MR) is 112 cm³/mol. The summed E-state index contributed by atoms with van der Waals surface area (Å²) in [6, 6.07) is 4.99. The van der Waals surface area contributed by atoms with Crippen LogP contribution in [0.1, 0.15) is 12.8 Å². The summed E-state index contributed by atoms with van der Waals surface area (Å²) in [5, 5.41) is 20.6. The second kappa shape index (κ2) is 9.40. The maximum Gasteiger partial charge on any atom is 0.573 e. The highest BCUT2D eigenvalue weighted by Crippen LogP contribution is 2.38. The molecule has 1 aliphatic rings. The van der Waals surface area contributed by atoms with E-state index in [1.165, 1.54) is 35.9 Å². The molecule has 4 rings (SSSR count). The summed E-state index contributed by atoms with van der Waals surface area (Å²) in [4.78, 5) is 2.11. The lowest BCUT2D eigenvalue weighted by Gasteiger charge is -2.32. The quantitative estimate of drug-likeness (QED) is 0.514. The molecule has 3 heterocycles. The van der Waals surface area contributed by atoms with Crippen LogP contribution in [0, 0.1) is 5.82 Å². The summed E-state index contributed by atoms with van der Waals surface area (Å²) >= 11 is 0. The van der Waals surface area contributed by atoms with Gasteiger partial charge in [0.05, 0.1) is 13.7 Å². The van der Waals surface area contributed by atoms with Gasteiger partial charge in [0.2, 0.25) is 5.95 Å². The maximum atomic E-state index is 14.8. The smallest absolute Gasteiger partial charge is 0.497 e. The fraction of sp³-hybridized carbons (Fsp3) is 0.429. The number of β-amino-alcohol motifs (C(OH)–C–C–N with tert-alkyl or cyclic N) is 1. The van der Waals surface area contributed by atoms with Gasteiger partial charge < -0.3 is 19.9 Å². The number of aromatic nitrogens is 3. The van der Waals surface area contributed by atoms with Crippen LogP contribution in [0.3, 0.4) is 0 Å². The number of anilines is 1. The van der Waals surface area contributed by atoms with Crippen molar-refractivity contribution in [1.29, 1.82) is 0 Å². The van der Waals surface area contributed by atoms with Gasteiger partial charge in [0.25, 0.3) is 0 Å². The van der Waals surface area contributed by atoms with Crippen LogP contribution < -0.4 is 14.8 Å². The number of rotatable bonds is 7. The van der Waals surface area contributed by atoms with Crippen molar-refractivity contribution in [3.63, 3.8) is 0 Å². The van der Waals surface area contributed by atoms with Gasteiger partial charge >= 0.3 is 6.36 Å². The molecule has 12 heteroatoms. The molecule has 1 atom stereocenters. The zero-order chi connectivity index (χ0) is 23.6. The number of aliphatic hydroxyl groups excluding tert-OH is 1. The number of alkyl halides is 3. The molecule has 178 valence electrons. The van der Waals surface area contributed by atoms with E-state index in [1.54, 1.807) is 0 Å². The average Bonchev–Trinajstić information content (AvgIpc) is 3.16. The van der Waals surface area contributed by atoms with Gasteiger partial charge in [-0.05, 0) is 37.6 Å². The molecule has 0 radical (unpaired) electrons. The lowest BCUT2D eigenvalue weighted by molar-refractivity contribution is -0.274. The van der Waals surface area contributed by atoms with E-state index in [0.29, 0.717) is 13.1 Å². The fourth-order valence-electron chi connectivity index (χ4n) is 4.02. The van der Waals surface area contributed by atoms with Crippen LogP contribution in [-0.4, -0.2) is 70.4 Å². The molecule has 1 fully saturated rings. The molecular weight excluding hydrogens is 446 g/mol. The Labute approximate surface area is 186 Å². The molecule has 0 amide bonds. The predicted octanol–water partition coefficient (Wildman–Crippen LogP) is 3.31. The standard InChI is InChI=1S/C21H23F4N5O3/c1-32-14-4-5-15(17(11-14)33-21(23,24)25)18-19-16(22)6-8-30(19)20(28-27-18)26-13-3-2-7-29(12-13)9-10-31/h4-6,8,11,13,31H,2-3,7,9-10,12H2,1H3,(H,26,28)/t13-/m1/s1. The Morgan fingerprint density at radius 2 is 2.06 bits per heavy atom. The van der Waals surface area contributed by atoms with Crippen molar-refractivity contribution in [3.05, 3.63) is 36.3 Å². The summed E-state index contributed by atoms with van der Waals surface area (Å²) in [5.41, 5.74) is -0.218. The number of methoxy groups -OCH3 is 1. The molecule has 8 nitrogen and oxygen atoms in total. The van der Waals surface area contributed by atoms with Crippen molar-refractivity contribution in [2.75, 3.05) is 38.7 Å². The second-order valence-corrected chi connectivity index (χ2v) is 7.67. The van der Waals surface area contributed by atoms with E-state index < -0.39 is 17.9 Å². The molecule has 0 aliphatic carbocycles. The molecule has 2 N–H and O–H groups in total. The third-order valence-electron chi connectivity index (χ3n) is 5.46. The molecule has 0 unspecified atom stereocenters. The Balaban J connectivity index is 1.72. The molecule has 33 heavy (non-hydrogen) atoms. The van der Waals surface area contributed by atoms with E-state index in [0.717, 1.165) is 25.5 Å². The summed E-state index contributed by atoms with van der Waals surface area (Å²) in [5.74, 6) is -0.838. The minimum atomic E-state index is -4.96. The fourth-order valence-corrected chi connectivity index (χ4v) is 4.02. The number of ether oxygens (including phenoxy) is 2. The molecule has 0 saturated carbocycles. The number of halogens is 4. The van der Waals surface area contributed by atoms with E-state index in [9.17, 15) is 22.7 Å². The van der Waals surface area contributed by atoms with Crippen molar-refractivity contribution in [2.45, 2.75) is 25.2 Å². The van der Waals surface area contributed by atoms with Gasteiger partial charge in [-0.25, -0.2) is 4.39 Å². The second-order valence-electron chi connectivity index (χ2n) is 7.67. The minimum Gasteiger partial charge on any atom is -0.497 e. The molecule has 1 saturated heterocycles. The number of piperidine rings is 1. The van der Waals surface area contributed by atoms with Crippen LogP contribution in [0.5, 0.6) is 11.5 Å². The van der Waals surface area contributed by atoms with Gasteiger partial charge in [-0.3, -0.25) is 9.30 Å². The maximum absolute atomic E-state index is 14.8. The summed E-state index contributed by atoms with van der Waals surface area (Å²) in [6.45, 7) is 2.14. The third kappa shape index (κ3) is 5.11. The van der Waals surface area contributed by atoms with Crippen LogP contribution >= 0.6 is 0 Å². The van der Waals surface area contributed by atoms with Crippen LogP contribution in [0.4, 0.5) is 23.5 Å². The number of aliphatic hydroxyl groups is 1. The molecule has 0 bridgehead atoms. The topological polar surface area (TPSA) is 84.2 Å². The van der Waals surface area contributed by atoms with E-state index in [-0.39, 0.29) is 41.1 Å². The zero-order valence-corrected chi connectivity index (χ0v) is 17.8. The molecular formula is C21H23F4N5O3. The first-order valence-corrected chi connectivity index (χ1v) is 10.4. The number of benzene rings is 1. The lowest BCUT2D eigenvalue weighted by atomic mass is 10.1.